The zero-order valence-electron chi connectivity index (χ0n) is 12.2. The molecule has 0 aliphatic carbocycles. The van der Waals surface area contributed by atoms with Gasteiger partial charge < -0.3 is 10.0 Å². The van der Waals surface area contributed by atoms with E-state index in [4.69, 9.17) is 10.7 Å². The summed E-state index contributed by atoms with van der Waals surface area (Å²) in [5, 5.41) is 28.1. The number of nitrogens with zero attached hydrogens (tertiary/aromatic N) is 3. The first-order valence-corrected chi connectivity index (χ1v) is 7.56. The smallest absolute Gasteiger partial charge is 0.139 e. The van der Waals surface area contributed by atoms with Crippen molar-refractivity contribution in [3.05, 3.63) is 51.2 Å². The molecule has 1 aliphatic heterocycles. The van der Waals surface area contributed by atoms with Crippen LogP contribution in [0.25, 0.3) is 5.57 Å². The van der Waals surface area contributed by atoms with Crippen LogP contribution in [0.1, 0.15) is 21.1 Å². The minimum absolute atomic E-state index is 0.156. The summed E-state index contributed by atoms with van der Waals surface area (Å²) in [6.45, 7) is 4.15. The summed E-state index contributed by atoms with van der Waals surface area (Å²) in [6.07, 6.45) is 0. The monoisotopic (exact) mass is 310 g/mol. The number of aliphatic hydroxyl groups is 1. The maximum Gasteiger partial charge on any atom is 0.139 e. The molecule has 1 aliphatic rings. The summed E-state index contributed by atoms with van der Waals surface area (Å²) in [6, 6.07) is 9.03. The van der Waals surface area contributed by atoms with E-state index in [9.17, 15) is 5.11 Å². The van der Waals surface area contributed by atoms with Gasteiger partial charge in [-0.05, 0) is 38.1 Å². The lowest BCUT2D eigenvalue weighted by Crippen LogP contribution is -2.25. The van der Waals surface area contributed by atoms with Gasteiger partial charge in [0.05, 0.1) is 29.4 Å². The molecule has 1 aromatic heterocycles. The van der Waals surface area contributed by atoms with E-state index >= 15 is 0 Å². The van der Waals surface area contributed by atoms with Gasteiger partial charge in [0.2, 0.25) is 0 Å². The molecule has 0 saturated heterocycles. The van der Waals surface area contributed by atoms with E-state index in [1.54, 1.807) is 29.2 Å². The highest BCUT2D eigenvalue weighted by atomic mass is 32.1. The van der Waals surface area contributed by atoms with Crippen LogP contribution in [0.2, 0.25) is 0 Å². The molecular formula is C16H14N4OS. The van der Waals surface area contributed by atoms with Crippen LogP contribution in [0, 0.1) is 30.6 Å². The van der Waals surface area contributed by atoms with Crippen LogP contribution in [0.3, 0.4) is 0 Å². The molecule has 2 N–H and O–H groups in total. The number of hydrogen-bond acceptors (Lipinski definition) is 5. The Morgan fingerprint density at radius 3 is 2.55 bits per heavy atom. The van der Waals surface area contributed by atoms with Crippen LogP contribution in [-0.4, -0.2) is 22.5 Å². The van der Waals surface area contributed by atoms with Gasteiger partial charge in [-0.15, -0.1) is 11.3 Å². The van der Waals surface area contributed by atoms with E-state index in [0.717, 1.165) is 16.3 Å². The number of aromatic nitrogens is 1. The highest BCUT2D eigenvalue weighted by molar-refractivity contribution is 7.13. The van der Waals surface area contributed by atoms with Gasteiger partial charge in [0.1, 0.15) is 16.6 Å². The molecule has 22 heavy (non-hydrogen) atoms. The average Bonchev–Trinajstić information content (AvgIpc) is 2.98. The molecule has 6 heteroatoms. The number of amidine groups is 1. The van der Waals surface area contributed by atoms with Crippen LogP contribution < -0.4 is 4.90 Å². The zero-order chi connectivity index (χ0) is 15.9. The Morgan fingerprint density at radius 1 is 1.32 bits per heavy atom. The van der Waals surface area contributed by atoms with Crippen LogP contribution in [0.4, 0.5) is 5.69 Å². The van der Waals surface area contributed by atoms with Gasteiger partial charge in [0.15, 0.2) is 0 Å². The van der Waals surface area contributed by atoms with E-state index in [2.05, 4.69) is 11.1 Å². The summed E-state index contributed by atoms with van der Waals surface area (Å²) in [5.74, 6) is 0.388. The molecule has 3 rings (SSSR count). The normalized spacial score (nSPS) is 14.6. The summed E-state index contributed by atoms with van der Waals surface area (Å²) in [4.78, 5) is 7.23. The summed E-state index contributed by atoms with van der Waals surface area (Å²) in [5.41, 5.74) is 2.75. The number of nitrogens with one attached hydrogen (secondary N) is 1. The lowest BCUT2D eigenvalue weighted by Gasteiger charge is -2.18. The van der Waals surface area contributed by atoms with Crippen molar-refractivity contribution < 1.29 is 5.11 Å². The van der Waals surface area contributed by atoms with Crippen molar-refractivity contribution in [2.45, 2.75) is 13.8 Å². The molecule has 0 unspecified atom stereocenters. The molecule has 0 amide bonds. The average molecular weight is 310 g/mol. The second kappa shape index (κ2) is 5.28. The third-order valence-corrected chi connectivity index (χ3v) is 4.74. The van der Waals surface area contributed by atoms with Gasteiger partial charge in [0, 0.05) is 10.6 Å². The van der Waals surface area contributed by atoms with E-state index < -0.39 is 0 Å². The Morgan fingerprint density at radius 2 is 2.00 bits per heavy atom. The molecule has 110 valence electrons. The van der Waals surface area contributed by atoms with E-state index in [1.807, 2.05) is 13.8 Å². The number of rotatable bonds is 2. The molecule has 2 aromatic rings. The molecule has 2 heterocycles. The van der Waals surface area contributed by atoms with Crippen molar-refractivity contribution in [1.29, 1.82) is 10.7 Å². The first-order chi connectivity index (χ1) is 10.5. The van der Waals surface area contributed by atoms with E-state index in [-0.39, 0.29) is 18.1 Å². The number of aryl methyl sites for hydroxylation is 2. The number of benzene rings is 1. The van der Waals surface area contributed by atoms with Crippen molar-refractivity contribution in [3.63, 3.8) is 0 Å². The van der Waals surface area contributed by atoms with Crippen molar-refractivity contribution in [2.24, 2.45) is 0 Å². The maximum atomic E-state index is 10.3. The van der Waals surface area contributed by atoms with Gasteiger partial charge in [-0.2, -0.15) is 5.26 Å². The molecular weight excluding hydrogens is 296 g/mol. The largest absolute Gasteiger partial charge is 0.510 e. The first-order valence-electron chi connectivity index (χ1n) is 6.74. The minimum atomic E-state index is 0.156. The molecule has 0 radical (unpaired) electrons. The number of hydrogen-bond donors (Lipinski definition) is 2. The summed E-state index contributed by atoms with van der Waals surface area (Å²) < 4.78 is 0. The van der Waals surface area contributed by atoms with Gasteiger partial charge in [-0.1, -0.05) is 0 Å². The first kappa shape index (κ1) is 14.3. The number of thiazole rings is 1. The van der Waals surface area contributed by atoms with Gasteiger partial charge in [-0.25, -0.2) is 4.98 Å². The standard InChI is InChI=1S/C16H14N4OS/c1-9-10(2)22-16(19-9)14-13(21)8-20(15(14)18)12-5-3-11(7-17)4-6-12/h3-6,18,21H,8H2,1-2H3. The van der Waals surface area contributed by atoms with Crippen molar-refractivity contribution >= 4 is 28.4 Å². The highest BCUT2D eigenvalue weighted by Crippen LogP contribution is 2.33. The summed E-state index contributed by atoms with van der Waals surface area (Å²) >= 11 is 1.48. The molecule has 1 aromatic carbocycles. The Hall–Kier alpha value is -2.65. The number of anilines is 1. The fraction of sp³-hybridized carbons (Fsp3) is 0.188. The Labute approximate surface area is 132 Å². The molecule has 0 atom stereocenters. The quantitative estimate of drug-likeness (QED) is 0.890. The fourth-order valence-electron chi connectivity index (χ4n) is 2.32. The van der Waals surface area contributed by atoms with Crippen LogP contribution in [0.15, 0.2) is 30.0 Å². The lowest BCUT2D eigenvalue weighted by molar-refractivity contribution is 0.411. The SMILES string of the molecule is Cc1nc(C2=C(O)CN(c3ccc(C#N)cc3)C2=N)sc1C. The van der Waals surface area contributed by atoms with Crippen molar-refractivity contribution in [3.8, 4) is 6.07 Å². The predicted molar refractivity (Wildman–Crippen MR) is 87.4 cm³/mol. The maximum absolute atomic E-state index is 10.3. The summed E-state index contributed by atoms with van der Waals surface area (Å²) in [7, 11) is 0. The topological polar surface area (TPSA) is 84.0 Å². The van der Waals surface area contributed by atoms with E-state index in [1.165, 1.54) is 11.3 Å². The molecule has 0 fully saturated rings. The van der Waals surface area contributed by atoms with E-state index in [0.29, 0.717) is 16.1 Å². The Kier molecular flexibility index (Phi) is 3.43. The zero-order valence-corrected chi connectivity index (χ0v) is 13.0. The Balaban J connectivity index is 1.94. The second-order valence-electron chi connectivity index (χ2n) is 5.08. The molecule has 0 spiro atoms. The van der Waals surface area contributed by atoms with Gasteiger partial charge in [0.25, 0.3) is 0 Å². The molecule has 0 bridgehead atoms. The van der Waals surface area contributed by atoms with Crippen LogP contribution in [0.5, 0.6) is 0 Å². The lowest BCUT2D eigenvalue weighted by atomic mass is 10.2. The molecule has 5 nitrogen and oxygen atoms in total. The highest BCUT2D eigenvalue weighted by Gasteiger charge is 2.31. The Bertz CT molecular complexity index is 807. The van der Waals surface area contributed by atoms with Crippen LogP contribution in [-0.2, 0) is 0 Å². The number of aliphatic hydroxyl groups excluding tert-OH is 1. The fourth-order valence-corrected chi connectivity index (χ4v) is 3.30. The van der Waals surface area contributed by atoms with Crippen molar-refractivity contribution in [1.82, 2.24) is 4.98 Å². The number of nitriles is 1. The third kappa shape index (κ3) is 2.26. The second-order valence-corrected chi connectivity index (χ2v) is 6.28. The van der Waals surface area contributed by atoms with Gasteiger partial charge in [-0.3, -0.25) is 5.41 Å². The van der Waals surface area contributed by atoms with Gasteiger partial charge >= 0.3 is 0 Å². The molecule has 0 saturated carbocycles. The third-order valence-electron chi connectivity index (χ3n) is 3.65. The predicted octanol–water partition coefficient (Wildman–Crippen LogP) is 3.40. The van der Waals surface area contributed by atoms with Crippen molar-refractivity contribution in [2.75, 3.05) is 11.4 Å². The minimum Gasteiger partial charge on any atom is -0.510 e. The van der Waals surface area contributed by atoms with Crippen LogP contribution >= 0.6 is 11.3 Å².